The minimum atomic E-state index is 0.211. The molecular weight excluding hydrogens is 210 g/mol. The third kappa shape index (κ3) is 2.67. The Morgan fingerprint density at radius 2 is 2.35 bits per heavy atom. The highest BCUT2D eigenvalue weighted by Crippen LogP contribution is 2.29. The van der Waals surface area contributed by atoms with Gasteiger partial charge in [0.2, 0.25) is 0 Å². The van der Waals surface area contributed by atoms with Crippen molar-refractivity contribution < 1.29 is 0 Å². The van der Waals surface area contributed by atoms with Crippen LogP contribution in [0, 0.1) is 0 Å². The summed E-state index contributed by atoms with van der Waals surface area (Å²) in [5.41, 5.74) is 1.51. The van der Waals surface area contributed by atoms with Crippen LogP contribution in [-0.2, 0) is 6.54 Å². The fourth-order valence-electron chi connectivity index (χ4n) is 2.84. The van der Waals surface area contributed by atoms with Gasteiger partial charge in [-0.15, -0.1) is 0 Å². The lowest BCUT2D eigenvalue weighted by molar-refractivity contribution is 0.0386. The van der Waals surface area contributed by atoms with Crippen molar-refractivity contribution in [2.24, 2.45) is 0 Å². The number of nitrogens with one attached hydrogen (secondary N) is 1. The molecule has 1 aromatic rings. The highest BCUT2D eigenvalue weighted by molar-refractivity contribution is 5.10. The second-order valence-corrected chi connectivity index (χ2v) is 5.42. The molecule has 0 aliphatic carbocycles. The van der Waals surface area contributed by atoms with Gasteiger partial charge in [-0.3, -0.25) is 9.88 Å². The summed E-state index contributed by atoms with van der Waals surface area (Å²) < 4.78 is 0. The van der Waals surface area contributed by atoms with Gasteiger partial charge in [0.15, 0.2) is 0 Å². The Morgan fingerprint density at radius 1 is 1.53 bits per heavy atom. The summed E-state index contributed by atoms with van der Waals surface area (Å²) in [6.07, 6.45) is 6.35. The molecule has 17 heavy (non-hydrogen) atoms. The van der Waals surface area contributed by atoms with Crippen LogP contribution in [0.5, 0.6) is 0 Å². The van der Waals surface area contributed by atoms with E-state index in [2.05, 4.69) is 42.2 Å². The topological polar surface area (TPSA) is 28.2 Å². The van der Waals surface area contributed by atoms with E-state index in [1.807, 2.05) is 18.5 Å². The van der Waals surface area contributed by atoms with Crippen LogP contribution in [0.4, 0.5) is 0 Å². The van der Waals surface area contributed by atoms with Crippen LogP contribution in [-0.4, -0.2) is 35.1 Å². The fourth-order valence-corrected chi connectivity index (χ4v) is 2.84. The largest absolute Gasteiger partial charge is 0.315 e. The van der Waals surface area contributed by atoms with Crippen molar-refractivity contribution in [3.8, 4) is 0 Å². The molecule has 0 radical (unpaired) electrons. The molecule has 1 fully saturated rings. The smallest absolute Gasteiger partial charge is 0.0312 e. The maximum Gasteiger partial charge on any atom is 0.0312 e. The number of aromatic nitrogens is 1. The SMILES string of the molecule is CNC1CCCN(Cc2cccnc2)C1(C)C. The average molecular weight is 233 g/mol. The van der Waals surface area contributed by atoms with Crippen LogP contribution < -0.4 is 5.32 Å². The predicted molar refractivity (Wildman–Crippen MR) is 70.8 cm³/mol. The Morgan fingerprint density at radius 3 is 3.00 bits per heavy atom. The number of hydrogen-bond acceptors (Lipinski definition) is 3. The van der Waals surface area contributed by atoms with E-state index in [0.717, 1.165) is 6.54 Å². The van der Waals surface area contributed by atoms with Gasteiger partial charge in [0, 0.05) is 30.5 Å². The van der Waals surface area contributed by atoms with E-state index >= 15 is 0 Å². The van der Waals surface area contributed by atoms with Crippen LogP contribution in [0.2, 0.25) is 0 Å². The molecule has 3 nitrogen and oxygen atoms in total. The molecule has 0 spiro atoms. The number of rotatable bonds is 3. The van der Waals surface area contributed by atoms with Crippen LogP contribution in [0.1, 0.15) is 32.3 Å². The molecule has 0 aromatic carbocycles. The highest BCUT2D eigenvalue weighted by atomic mass is 15.2. The molecule has 1 aromatic heterocycles. The van der Waals surface area contributed by atoms with Gasteiger partial charge in [0.25, 0.3) is 0 Å². The number of pyridine rings is 1. The van der Waals surface area contributed by atoms with E-state index in [0.29, 0.717) is 6.04 Å². The van der Waals surface area contributed by atoms with E-state index in [1.54, 1.807) is 0 Å². The average Bonchev–Trinajstić information content (AvgIpc) is 2.33. The first kappa shape index (κ1) is 12.5. The number of hydrogen-bond donors (Lipinski definition) is 1. The van der Waals surface area contributed by atoms with Crippen molar-refractivity contribution in [2.75, 3.05) is 13.6 Å². The highest BCUT2D eigenvalue weighted by Gasteiger charge is 2.37. The molecule has 1 atom stereocenters. The van der Waals surface area contributed by atoms with Gasteiger partial charge in [0.05, 0.1) is 0 Å². The molecule has 0 amide bonds. The molecule has 1 unspecified atom stereocenters. The number of nitrogens with zero attached hydrogens (tertiary/aromatic N) is 2. The van der Waals surface area contributed by atoms with E-state index < -0.39 is 0 Å². The lowest BCUT2D eigenvalue weighted by Crippen LogP contribution is -2.59. The second kappa shape index (κ2) is 5.15. The molecule has 1 aliphatic heterocycles. The molecule has 0 bridgehead atoms. The molecule has 1 saturated heterocycles. The molecule has 2 rings (SSSR count). The third-order valence-electron chi connectivity index (χ3n) is 4.03. The summed E-state index contributed by atoms with van der Waals surface area (Å²) >= 11 is 0. The van der Waals surface area contributed by atoms with Gasteiger partial charge < -0.3 is 5.32 Å². The van der Waals surface area contributed by atoms with Gasteiger partial charge in [-0.2, -0.15) is 0 Å². The predicted octanol–water partition coefficient (Wildman–Crippen LogP) is 2.04. The van der Waals surface area contributed by atoms with Crippen molar-refractivity contribution in [1.82, 2.24) is 15.2 Å². The molecule has 1 aliphatic rings. The van der Waals surface area contributed by atoms with E-state index in [9.17, 15) is 0 Å². The van der Waals surface area contributed by atoms with Crippen molar-refractivity contribution in [3.05, 3.63) is 30.1 Å². The Labute approximate surface area is 104 Å². The number of likely N-dealkylation sites (tertiary alicyclic amines) is 1. The van der Waals surface area contributed by atoms with Gasteiger partial charge in [-0.1, -0.05) is 6.07 Å². The van der Waals surface area contributed by atoms with Crippen LogP contribution >= 0.6 is 0 Å². The summed E-state index contributed by atoms with van der Waals surface area (Å²) in [5.74, 6) is 0. The Hall–Kier alpha value is -0.930. The molecule has 0 saturated carbocycles. The lowest BCUT2D eigenvalue weighted by Gasteiger charge is -2.48. The van der Waals surface area contributed by atoms with Crippen molar-refractivity contribution in [2.45, 2.75) is 44.8 Å². The Kier molecular flexibility index (Phi) is 3.79. The molecule has 94 valence electrons. The second-order valence-electron chi connectivity index (χ2n) is 5.42. The first-order valence-electron chi connectivity index (χ1n) is 6.46. The summed E-state index contributed by atoms with van der Waals surface area (Å²) in [6, 6.07) is 4.75. The van der Waals surface area contributed by atoms with E-state index in [1.165, 1.54) is 24.9 Å². The zero-order valence-corrected chi connectivity index (χ0v) is 11.1. The van der Waals surface area contributed by atoms with Crippen LogP contribution in [0.3, 0.4) is 0 Å². The third-order valence-corrected chi connectivity index (χ3v) is 4.03. The van der Waals surface area contributed by atoms with Crippen LogP contribution in [0.15, 0.2) is 24.5 Å². The molecule has 2 heterocycles. The standard InChI is InChI=1S/C14H23N3/c1-14(2)13(15-3)7-5-9-17(14)11-12-6-4-8-16-10-12/h4,6,8,10,13,15H,5,7,9,11H2,1-3H3. The maximum absolute atomic E-state index is 4.19. The summed E-state index contributed by atoms with van der Waals surface area (Å²) in [5, 5.41) is 3.45. The van der Waals surface area contributed by atoms with Gasteiger partial charge >= 0.3 is 0 Å². The normalized spacial score (nSPS) is 24.8. The van der Waals surface area contributed by atoms with E-state index in [-0.39, 0.29) is 5.54 Å². The number of likely N-dealkylation sites (N-methyl/N-ethyl adjacent to an activating group) is 1. The lowest BCUT2D eigenvalue weighted by atomic mass is 9.84. The Balaban J connectivity index is 2.10. The van der Waals surface area contributed by atoms with Crippen molar-refractivity contribution >= 4 is 0 Å². The van der Waals surface area contributed by atoms with Crippen molar-refractivity contribution in [3.63, 3.8) is 0 Å². The van der Waals surface area contributed by atoms with Crippen LogP contribution in [0.25, 0.3) is 0 Å². The van der Waals surface area contributed by atoms with Crippen molar-refractivity contribution in [1.29, 1.82) is 0 Å². The molecule has 1 N–H and O–H groups in total. The summed E-state index contributed by atoms with van der Waals surface area (Å²) in [7, 11) is 2.07. The zero-order chi connectivity index (χ0) is 12.3. The number of piperidine rings is 1. The van der Waals surface area contributed by atoms with Gasteiger partial charge in [0.1, 0.15) is 0 Å². The minimum absolute atomic E-state index is 0.211. The van der Waals surface area contributed by atoms with Gasteiger partial charge in [-0.25, -0.2) is 0 Å². The quantitative estimate of drug-likeness (QED) is 0.866. The zero-order valence-electron chi connectivity index (χ0n) is 11.1. The summed E-state index contributed by atoms with van der Waals surface area (Å²) in [6.45, 7) is 6.85. The van der Waals surface area contributed by atoms with E-state index in [4.69, 9.17) is 0 Å². The first-order valence-corrected chi connectivity index (χ1v) is 6.46. The molecule has 3 heteroatoms. The maximum atomic E-state index is 4.19. The minimum Gasteiger partial charge on any atom is -0.315 e. The molecular formula is C14H23N3. The van der Waals surface area contributed by atoms with Gasteiger partial charge in [-0.05, 0) is 51.9 Å². The Bertz CT molecular complexity index is 348. The fraction of sp³-hybridized carbons (Fsp3) is 0.643. The monoisotopic (exact) mass is 233 g/mol. The first-order chi connectivity index (χ1) is 8.14. The summed E-state index contributed by atoms with van der Waals surface area (Å²) in [4.78, 5) is 6.76.